The predicted molar refractivity (Wildman–Crippen MR) is 133 cm³/mol. The highest BCUT2D eigenvalue weighted by Gasteiger charge is 2.47. The van der Waals surface area contributed by atoms with Crippen LogP contribution in [0.3, 0.4) is 0 Å². The van der Waals surface area contributed by atoms with Crippen LogP contribution < -0.4 is 10.6 Å². The molecule has 6 rings (SSSR count). The van der Waals surface area contributed by atoms with Crippen LogP contribution in [0.15, 0.2) is 48.7 Å². The Morgan fingerprint density at radius 2 is 1.76 bits per heavy atom. The number of nitrogens with two attached hydrogens (primary N) is 1. The molecular formula is C27H26F3N5O2. The highest BCUT2D eigenvalue weighted by Crippen LogP contribution is 2.51. The van der Waals surface area contributed by atoms with E-state index in [1.165, 1.54) is 18.2 Å². The number of hydrogen-bond donors (Lipinski definition) is 2. The van der Waals surface area contributed by atoms with Gasteiger partial charge in [0.25, 0.3) is 6.47 Å². The Morgan fingerprint density at radius 3 is 2.46 bits per heavy atom. The average molecular weight is 510 g/mol. The number of carbonyl (C=O) groups is 1. The first-order valence-corrected chi connectivity index (χ1v) is 12.0. The number of aromatic nitrogens is 3. The van der Waals surface area contributed by atoms with Gasteiger partial charge in [0.1, 0.15) is 11.3 Å². The summed E-state index contributed by atoms with van der Waals surface area (Å²) in [6.45, 7) is 2.95. The molecule has 2 aromatic carbocycles. The van der Waals surface area contributed by atoms with Gasteiger partial charge in [0.2, 0.25) is 0 Å². The maximum absolute atomic E-state index is 14.6. The second-order valence-corrected chi connectivity index (χ2v) is 9.52. The molecule has 1 aliphatic carbocycles. The molecule has 0 unspecified atom stereocenters. The molecule has 37 heavy (non-hydrogen) atoms. The summed E-state index contributed by atoms with van der Waals surface area (Å²) in [4.78, 5) is 15.4. The molecule has 2 aromatic heterocycles. The summed E-state index contributed by atoms with van der Waals surface area (Å²) in [5.41, 5.74) is 9.97. The minimum Gasteiger partial charge on any atom is -0.483 e. The van der Waals surface area contributed by atoms with Crippen LogP contribution in [0.25, 0.3) is 16.8 Å². The van der Waals surface area contributed by atoms with Crippen molar-refractivity contribution in [2.24, 2.45) is 11.1 Å². The zero-order valence-corrected chi connectivity index (χ0v) is 20.2. The summed E-state index contributed by atoms with van der Waals surface area (Å²) in [5, 5.41) is 11.3. The van der Waals surface area contributed by atoms with Gasteiger partial charge in [-0.2, -0.15) is 5.10 Å². The summed E-state index contributed by atoms with van der Waals surface area (Å²) >= 11 is 0. The van der Waals surface area contributed by atoms with Crippen LogP contribution in [0, 0.1) is 29.8 Å². The van der Waals surface area contributed by atoms with Crippen molar-refractivity contribution in [2.75, 3.05) is 18.0 Å². The fraction of sp³-hybridized carbons (Fsp3) is 0.296. The van der Waals surface area contributed by atoms with E-state index >= 15 is 0 Å². The lowest BCUT2D eigenvalue weighted by Crippen LogP contribution is -2.44. The van der Waals surface area contributed by atoms with Crippen LogP contribution >= 0.6 is 0 Å². The van der Waals surface area contributed by atoms with Crippen molar-refractivity contribution in [1.29, 1.82) is 0 Å². The number of carboxylic acid groups (broad SMARTS) is 1. The van der Waals surface area contributed by atoms with Gasteiger partial charge in [-0.3, -0.25) is 4.79 Å². The Bertz CT molecular complexity index is 1480. The van der Waals surface area contributed by atoms with E-state index in [4.69, 9.17) is 20.6 Å². The van der Waals surface area contributed by atoms with Crippen LogP contribution in [0.5, 0.6) is 0 Å². The van der Waals surface area contributed by atoms with Crippen molar-refractivity contribution in [1.82, 2.24) is 14.6 Å². The van der Waals surface area contributed by atoms with Crippen molar-refractivity contribution < 1.29 is 23.1 Å². The van der Waals surface area contributed by atoms with E-state index < -0.39 is 11.6 Å². The maximum atomic E-state index is 14.6. The molecule has 1 spiro atoms. The minimum absolute atomic E-state index is 0.125. The maximum Gasteiger partial charge on any atom is 0.290 e. The number of piperidine rings is 1. The Morgan fingerprint density at radius 1 is 1.08 bits per heavy atom. The molecule has 1 aliphatic heterocycles. The normalized spacial score (nSPS) is 18.0. The summed E-state index contributed by atoms with van der Waals surface area (Å²) in [6.07, 6.45) is 3.90. The van der Waals surface area contributed by atoms with Crippen LogP contribution in [-0.2, 0) is 11.2 Å². The number of halogens is 3. The highest BCUT2D eigenvalue weighted by molar-refractivity contribution is 5.75. The lowest BCUT2D eigenvalue weighted by atomic mass is 9.73. The zero-order chi connectivity index (χ0) is 26.3. The van der Waals surface area contributed by atoms with Crippen molar-refractivity contribution >= 4 is 17.8 Å². The monoisotopic (exact) mass is 509 g/mol. The third-order valence-electron chi connectivity index (χ3n) is 7.64. The van der Waals surface area contributed by atoms with E-state index in [-0.39, 0.29) is 29.3 Å². The molecule has 3 heterocycles. The number of aryl methyl sites for hydroxylation is 1. The van der Waals surface area contributed by atoms with Gasteiger partial charge in [-0.1, -0.05) is 18.2 Å². The van der Waals surface area contributed by atoms with Crippen LogP contribution in [0.2, 0.25) is 0 Å². The van der Waals surface area contributed by atoms with Gasteiger partial charge in [0.05, 0.1) is 17.6 Å². The van der Waals surface area contributed by atoms with Gasteiger partial charge in [-0.15, -0.1) is 0 Å². The van der Waals surface area contributed by atoms with Gasteiger partial charge < -0.3 is 15.7 Å². The molecule has 1 saturated heterocycles. The van der Waals surface area contributed by atoms with Crippen LogP contribution in [0.1, 0.15) is 35.7 Å². The molecule has 0 bridgehead atoms. The topological polar surface area (TPSA) is 96.8 Å². The smallest absolute Gasteiger partial charge is 0.290 e. The fourth-order valence-corrected chi connectivity index (χ4v) is 5.80. The molecule has 1 fully saturated rings. The molecule has 1 atom stereocenters. The zero-order valence-electron chi connectivity index (χ0n) is 20.2. The first kappa shape index (κ1) is 24.8. The SMILES string of the molecule is Cc1nc(N2CCC3(CC2)Cc2c(F)cccc2[C@H]3N)c2ccnn2c1-c1cccc(F)c1F.O=CO. The van der Waals surface area contributed by atoms with Gasteiger partial charge in [-0.25, -0.2) is 22.7 Å². The third kappa shape index (κ3) is 4.01. The van der Waals surface area contributed by atoms with Crippen molar-refractivity contribution in [3.05, 3.63) is 82.9 Å². The number of nitrogens with zero attached hydrogens (tertiary/aromatic N) is 4. The van der Waals surface area contributed by atoms with Gasteiger partial charge >= 0.3 is 0 Å². The Labute approximate surface area is 211 Å². The summed E-state index contributed by atoms with van der Waals surface area (Å²) in [7, 11) is 0. The van der Waals surface area contributed by atoms with E-state index in [2.05, 4.69) is 10.00 Å². The first-order valence-electron chi connectivity index (χ1n) is 12.0. The number of rotatable bonds is 2. The van der Waals surface area contributed by atoms with E-state index in [1.54, 1.807) is 23.7 Å². The molecule has 4 aromatic rings. The van der Waals surface area contributed by atoms with Crippen molar-refractivity contribution in [3.63, 3.8) is 0 Å². The molecule has 0 saturated carbocycles. The molecule has 7 nitrogen and oxygen atoms in total. The highest BCUT2D eigenvalue weighted by atomic mass is 19.2. The quantitative estimate of drug-likeness (QED) is 0.382. The number of hydrogen-bond acceptors (Lipinski definition) is 5. The lowest BCUT2D eigenvalue weighted by Gasteiger charge is -2.42. The molecule has 3 N–H and O–H groups in total. The number of benzene rings is 2. The van der Waals surface area contributed by atoms with Crippen molar-refractivity contribution in [3.8, 4) is 11.3 Å². The van der Waals surface area contributed by atoms with E-state index in [1.807, 2.05) is 12.1 Å². The van der Waals surface area contributed by atoms with Gasteiger partial charge in [0, 0.05) is 24.7 Å². The summed E-state index contributed by atoms with van der Waals surface area (Å²) in [5.74, 6) is -1.25. The number of fused-ring (bicyclic) bond motifs is 2. The molecule has 0 amide bonds. The minimum atomic E-state index is -0.918. The summed E-state index contributed by atoms with van der Waals surface area (Å²) in [6, 6.07) is 10.9. The predicted octanol–water partition coefficient (Wildman–Crippen LogP) is 4.67. The Balaban J connectivity index is 0.000000892. The largest absolute Gasteiger partial charge is 0.483 e. The lowest BCUT2D eigenvalue weighted by molar-refractivity contribution is -0.122. The van der Waals surface area contributed by atoms with E-state index in [9.17, 15) is 13.2 Å². The molecule has 10 heteroatoms. The second-order valence-electron chi connectivity index (χ2n) is 9.52. The van der Waals surface area contributed by atoms with Crippen molar-refractivity contribution in [2.45, 2.75) is 32.2 Å². The number of anilines is 1. The van der Waals surface area contributed by atoms with Gasteiger partial charge in [0.15, 0.2) is 17.5 Å². The average Bonchev–Trinajstić information content (AvgIpc) is 3.47. The van der Waals surface area contributed by atoms with E-state index in [0.717, 1.165) is 41.4 Å². The van der Waals surface area contributed by atoms with Crippen LogP contribution in [0.4, 0.5) is 19.0 Å². The van der Waals surface area contributed by atoms with Crippen LogP contribution in [-0.4, -0.2) is 39.3 Å². The molecular weight excluding hydrogens is 483 g/mol. The summed E-state index contributed by atoms with van der Waals surface area (Å²) < 4.78 is 44.6. The fourth-order valence-electron chi connectivity index (χ4n) is 5.80. The second kappa shape index (κ2) is 9.51. The van der Waals surface area contributed by atoms with E-state index in [0.29, 0.717) is 30.9 Å². The molecule has 2 aliphatic rings. The molecule has 0 radical (unpaired) electrons. The van der Waals surface area contributed by atoms with Gasteiger partial charge in [-0.05, 0) is 67.0 Å². The first-order chi connectivity index (χ1) is 17.8. The Hall–Kier alpha value is -3.92. The standard InChI is InChI=1S/C26H24F3N5.CH2O2/c1-15-23(17-5-3-7-20(28)22(17)29)34-21(8-11-31-34)25(32-15)33-12-9-26(10-13-33)14-18-16(24(26)30)4-2-6-19(18)27;2-1-3/h2-8,11,24H,9-10,12-14,30H2,1H3;1H,(H,2,3)/t24-;/m1./s1. The Kier molecular flexibility index (Phi) is 6.36. The molecule has 192 valence electrons. The third-order valence-corrected chi connectivity index (χ3v) is 7.64.